The lowest BCUT2D eigenvalue weighted by molar-refractivity contribution is 0.669. The van der Waals surface area contributed by atoms with E-state index < -0.39 is 0 Å². The molecule has 0 atom stereocenters. The van der Waals surface area contributed by atoms with Crippen molar-refractivity contribution in [2.24, 2.45) is 0 Å². The number of aromatic nitrogens is 3. The van der Waals surface area contributed by atoms with Gasteiger partial charge in [0.05, 0.1) is 0 Å². The molecule has 2 heterocycles. The predicted octanol–water partition coefficient (Wildman–Crippen LogP) is 11.8. The average Bonchev–Trinajstić information content (AvgIpc) is 3.56. The van der Waals surface area contributed by atoms with Crippen LogP contribution in [0.25, 0.3) is 89.5 Å². The van der Waals surface area contributed by atoms with Crippen LogP contribution >= 0.6 is 0 Å². The molecule has 0 radical (unpaired) electrons. The first-order valence-electron chi connectivity index (χ1n) is 16.4. The van der Waals surface area contributed by atoms with E-state index in [2.05, 4.69) is 109 Å². The van der Waals surface area contributed by atoms with Gasteiger partial charge in [0, 0.05) is 27.5 Å². The largest absolute Gasteiger partial charge is 0.456 e. The van der Waals surface area contributed by atoms with Crippen molar-refractivity contribution in [1.29, 1.82) is 0 Å². The zero-order valence-electron chi connectivity index (χ0n) is 26.5. The van der Waals surface area contributed by atoms with Crippen LogP contribution in [0.15, 0.2) is 180 Å². The van der Waals surface area contributed by atoms with Crippen molar-refractivity contribution in [3.8, 4) is 67.5 Å². The van der Waals surface area contributed by atoms with Gasteiger partial charge in [0.2, 0.25) is 0 Å². The van der Waals surface area contributed by atoms with E-state index in [9.17, 15) is 0 Å². The molecular formula is C45H29N3O. The van der Waals surface area contributed by atoms with Crippen molar-refractivity contribution in [1.82, 2.24) is 15.0 Å². The Bertz CT molecular complexity index is 2500. The van der Waals surface area contributed by atoms with Gasteiger partial charge in [-0.2, -0.15) is 0 Å². The van der Waals surface area contributed by atoms with Crippen molar-refractivity contribution in [2.45, 2.75) is 0 Å². The third-order valence-corrected chi connectivity index (χ3v) is 8.97. The Morgan fingerprint density at radius 3 is 0.959 bits per heavy atom. The number of furan rings is 1. The Morgan fingerprint density at radius 1 is 0.265 bits per heavy atom. The molecule has 49 heavy (non-hydrogen) atoms. The summed E-state index contributed by atoms with van der Waals surface area (Å²) in [5.74, 6) is 1.94. The number of hydrogen-bond acceptors (Lipinski definition) is 4. The number of fused-ring (bicyclic) bond motifs is 3. The summed E-state index contributed by atoms with van der Waals surface area (Å²) in [5, 5.41) is 2.22. The average molecular weight is 628 g/mol. The van der Waals surface area contributed by atoms with E-state index in [1.807, 2.05) is 66.7 Å². The first-order chi connectivity index (χ1) is 24.2. The Balaban J connectivity index is 1.02. The fraction of sp³-hybridized carbons (Fsp3) is 0. The highest BCUT2D eigenvalue weighted by atomic mass is 16.3. The fourth-order valence-electron chi connectivity index (χ4n) is 6.37. The molecular weight excluding hydrogens is 599 g/mol. The summed E-state index contributed by atoms with van der Waals surface area (Å²) in [6.07, 6.45) is 0. The number of hydrogen-bond donors (Lipinski definition) is 0. The van der Waals surface area contributed by atoms with E-state index in [4.69, 9.17) is 19.4 Å². The fourth-order valence-corrected chi connectivity index (χ4v) is 6.37. The van der Waals surface area contributed by atoms with E-state index in [0.29, 0.717) is 17.5 Å². The maximum absolute atomic E-state index is 6.45. The van der Waals surface area contributed by atoms with E-state index in [1.165, 1.54) is 11.1 Å². The Kier molecular flexibility index (Phi) is 7.10. The summed E-state index contributed by atoms with van der Waals surface area (Å²) in [6, 6.07) is 60.5. The molecule has 0 saturated carbocycles. The molecule has 0 aliphatic heterocycles. The second-order valence-corrected chi connectivity index (χ2v) is 12.1. The van der Waals surface area contributed by atoms with Crippen molar-refractivity contribution in [3.63, 3.8) is 0 Å². The van der Waals surface area contributed by atoms with E-state index in [-0.39, 0.29) is 0 Å². The molecule has 4 nitrogen and oxygen atoms in total. The van der Waals surface area contributed by atoms with Crippen LogP contribution in [-0.4, -0.2) is 15.0 Å². The van der Waals surface area contributed by atoms with Crippen LogP contribution in [0.1, 0.15) is 0 Å². The van der Waals surface area contributed by atoms with Gasteiger partial charge in [-0.05, 0) is 57.6 Å². The van der Waals surface area contributed by atoms with E-state index >= 15 is 0 Å². The monoisotopic (exact) mass is 627 g/mol. The predicted molar refractivity (Wildman–Crippen MR) is 200 cm³/mol. The zero-order valence-corrected chi connectivity index (χ0v) is 26.5. The molecule has 0 bridgehead atoms. The molecule has 0 aliphatic carbocycles. The van der Waals surface area contributed by atoms with Crippen LogP contribution in [0, 0.1) is 0 Å². The lowest BCUT2D eigenvalue weighted by atomic mass is 9.99. The van der Waals surface area contributed by atoms with Gasteiger partial charge in [-0.1, -0.05) is 152 Å². The minimum atomic E-state index is 0.637. The smallest absolute Gasteiger partial charge is 0.164 e. The van der Waals surface area contributed by atoms with Crippen LogP contribution in [0.5, 0.6) is 0 Å². The summed E-state index contributed by atoms with van der Waals surface area (Å²) in [5.41, 5.74) is 11.5. The van der Waals surface area contributed by atoms with Crippen LogP contribution in [-0.2, 0) is 0 Å². The minimum Gasteiger partial charge on any atom is -0.456 e. The first-order valence-corrected chi connectivity index (χ1v) is 16.4. The Labute approximate surface area is 284 Å². The van der Waals surface area contributed by atoms with Crippen LogP contribution < -0.4 is 0 Å². The van der Waals surface area contributed by atoms with Crippen LogP contribution in [0.4, 0.5) is 0 Å². The van der Waals surface area contributed by atoms with Gasteiger partial charge in [0.1, 0.15) is 11.2 Å². The molecule has 0 N–H and O–H groups in total. The molecule has 2 aromatic heterocycles. The molecule has 230 valence electrons. The topological polar surface area (TPSA) is 51.8 Å². The molecule has 0 fully saturated rings. The van der Waals surface area contributed by atoms with Gasteiger partial charge in [0.15, 0.2) is 17.5 Å². The SMILES string of the molecule is c1ccc(-c2ccc(-c3ccc4c(c3)oc3cc(-c5ccc(-c6nc(-c7ccccc7)nc(-c7ccccc7)n6)cc5)ccc34)cc2)cc1. The van der Waals surface area contributed by atoms with Gasteiger partial charge >= 0.3 is 0 Å². The maximum atomic E-state index is 6.45. The molecule has 0 unspecified atom stereocenters. The lowest BCUT2D eigenvalue weighted by Gasteiger charge is -2.09. The highest BCUT2D eigenvalue weighted by molar-refractivity contribution is 6.07. The zero-order chi connectivity index (χ0) is 32.6. The highest BCUT2D eigenvalue weighted by Crippen LogP contribution is 2.36. The summed E-state index contributed by atoms with van der Waals surface area (Å²) in [7, 11) is 0. The van der Waals surface area contributed by atoms with Crippen LogP contribution in [0.2, 0.25) is 0 Å². The van der Waals surface area contributed by atoms with Crippen molar-refractivity contribution in [3.05, 3.63) is 176 Å². The Morgan fingerprint density at radius 2 is 0.551 bits per heavy atom. The van der Waals surface area contributed by atoms with Crippen molar-refractivity contribution < 1.29 is 4.42 Å². The van der Waals surface area contributed by atoms with Crippen molar-refractivity contribution >= 4 is 21.9 Å². The molecule has 4 heteroatoms. The summed E-state index contributed by atoms with van der Waals surface area (Å²) in [6.45, 7) is 0. The van der Waals surface area contributed by atoms with Gasteiger partial charge < -0.3 is 4.42 Å². The molecule has 0 amide bonds. The summed E-state index contributed by atoms with van der Waals surface area (Å²) >= 11 is 0. The second-order valence-electron chi connectivity index (χ2n) is 12.1. The third-order valence-electron chi connectivity index (χ3n) is 8.97. The molecule has 9 aromatic rings. The molecule has 0 saturated heterocycles. The molecule has 0 spiro atoms. The van der Waals surface area contributed by atoms with Crippen LogP contribution in [0.3, 0.4) is 0 Å². The van der Waals surface area contributed by atoms with Gasteiger partial charge in [-0.25, -0.2) is 15.0 Å². The van der Waals surface area contributed by atoms with Gasteiger partial charge in [-0.15, -0.1) is 0 Å². The maximum Gasteiger partial charge on any atom is 0.164 e. The first kappa shape index (κ1) is 28.6. The lowest BCUT2D eigenvalue weighted by Crippen LogP contribution is -2.00. The molecule has 7 aromatic carbocycles. The molecule has 9 rings (SSSR count). The van der Waals surface area contributed by atoms with Gasteiger partial charge in [-0.3, -0.25) is 0 Å². The molecule has 0 aliphatic rings. The quantitative estimate of drug-likeness (QED) is 0.184. The number of nitrogens with zero attached hydrogens (tertiary/aromatic N) is 3. The Hall–Kier alpha value is -6.65. The van der Waals surface area contributed by atoms with E-state index in [0.717, 1.165) is 60.9 Å². The summed E-state index contributed by atoms with van der Waals surface area (Å²) in [4.78, 5) is 14.6. The minimum absolute atomic E-state index is 0.637. The highest BCUT2D eigenvalue weighted by Gasteiger charge is 2.14. The normalized spacial score (nSPS) is 11.3. The number of benzene rings is 7. The van der Waals surface area contributed by atoms with Crippen molar-refractivity contribution in [2.75, 3.05) is 0 Å². The van der Waals surface area contributed by atoms with E-state index in [1.54, 1.807) is 0 Å². The second kappa shape index (κ2) is 12.2. The van der Waals surface area contributed by atoms with Gasteiger partial charge in [0.25, 0.3) is 0 Å². The number of rotatable bonds is 6. The standard InChI is InChI=1S/C45H29N3O/c1-4-10-30(11-5-1)31-16-18-32(19-17-31)37-24-26-39-40-27-25-38(29-42(40)49-41(39)28-37)33-20-22-36(23-21-33)45-47-43(34-12-6-2-7-13-34)46-44(48-45)35-14-8-3-9-15-35/h1-29H. The third kappa shape index (κ3) is 5.56. The summed E-state index contributed by atoms with van der Waals surface area (Å²) < 4.78 is 6.45.